The fraction of sp³-hybridized carbons (Fsp3) is 0.444. The maximum atomic E-state index is 13.4. The first-order valence-corrected chi connectivity index (χ1v) is 12.4. The van der Waals surface area contributed by atoms with Crippen LogP contribution in [0.1, 0.15) is 36.2 Å². The predicted molar refractivity (Wildman–Crippen MR) is 140 cm³/mol. The summed E-state index contributed by atoms with van der Waals surface area (Å²) in [5.74, 6) is -0.233. The van der Waals surface area contributed by atoms with Gasteiger partial charge in [-0.2, -0.15) is 0 Å². The Labute approximate surface area is 212 Å². The van der Waals surface area contributed by atoms with Gasteiger partial charge in [-0.25, -0.2) is 5.01 Å². The van der Waals surface area contributed by atoms with Crippen LogP contribution in [-0.2, 0) is 22.7 Å². The number of carbonyl (C=O) groups excluding carboxylic acids is 2. The molecule has 9 heteroatoms. The Bertz CT molecular complexity index is 1210. The number of carbonyl (C=O) groups is 2. The minimum atomic E-state index is -0.141. The number of likely N-dealkylation sites (N-methyl/N-ethyl adjacent to an activating group) is 1. The van der Waals surface area contributed by atoms with Crippen molar-refractivity contribution in [2.45, 2.75) is 46.8 Å². The largest absolute Gasteiger partial charge is 0.356 e. The molecule has 0 saturated heterocycles. The third kappa shape index (κ3) is 5.85. The molecule has 0 spiro atoms. The lowest BCUT2D eigenvalue weighted by Crippen LogP contribution is -2.48. The third-order valence-electron chi connectivity index (χ3n) is 6.58. The van der Waals surface area contributed by atoms with E-state index in [0.717, 1.165) is 22.3 Å². The van der Waals surface area contributed by atoms with Gasteiger partial charge in [0.05, 0.1) is 18.8 Å². The van der Waals surface area contributed by atoms with Crippen LogP contribution >= 0.6 is 0 Å². The van der Waals surface area contributed by atoms with Crippen LogP contribution in [0.5, 0.6) is 0 Å². The standard InChI is InChI=1S/C27H36N6O3/c1-18(2)28-10-11-29-26(34)16-32(24-13-25-23(12-19(24)3)20(4)30-36-25)17-27(35)31(5)33-14-21-8-6-7-9-22(21)15-33/h6-9,12-13,18,28H,10-11,14-17H2,1-5H3,(H,29,34). The zero-order valence-electron chi connectivity index (χ0n) is 21.8. The highest BCUT2D eigenvalue weighted by Gasteiger charge is 2.27. The van der Waals surface area contributed by atoms with Crippen LogP contribution in [0, 0.1) is 13.8 Å². The lowest BCUT2D eigenvalue weighted by atomic mass is 10.1. The topological polar surface area (TPSA) is 93.9 Å². The molecule has 192 valence electrons. The van der Waals surface area contributed by atoms with Gasteiger partial charge in [-0.05, 0) is 36.6 Å². The van der Waals surface area contributed by atoms with Crippen LogP contribution < -0.4 is 15.5 Å². The van der Waals surface area contributed by atoms with Crippen LogP contribution in [0.4, 0.5) is 5.69 Å². The van der Waals surface area contributed by atoms with E-state index >= 15 is 0 Å². The Balaban J connectivity index is 1.50. The number of hydrogen-bond donors (Lipinski definition) is 2. The monoisotopic (exact) mass is 492 g/mol. The van der Waals surface area contributed by atoms with Crippen LogP contribution in [0.15, 0.2) is 40.9 Å². The molecule has 0 saturated carbocycles. The first-order valence-electron chi connectivity index (χ1n) is 12.4. The summed E-state index contributed by atoms with van der Waals surface area (Å²) in [6.07, 6.45) is 0. The molecular formula is C27H36N6O3. The molecule has 9 nitrogen and oxygen atoms in total. The summed E-state index contributed by atoms with van der Waals surface area (Å²) in [6.45, 7) is 10.7. The first kappa shape index (κ1) is 25.7. The summed E-state index contributed by atoms with van der Waals surface area (Å²) in [6, 6.07) is 12.4. The Morgan fingerprint density at radius 1 is 1.08 bits per heavy atom. The van der Waals surface area contributed by atoms with Gasteiger partial charge >= 0.3 is 0 Å². The summed E-state index contributed by atoms with van der Waals surface area (Å²) in [5.41, 5.74) is 5.63. The second-order valence-corrected chi connectivity index (χ2v) is 9.73. The van der Waals surface area contributed by atoms with Crippen molar-refractivity contribution in [2.24, 2.45) is 0 Å². The zero-order chi connectivity index (χ0) is 25.8. The van der Waals surface area contributed by atoms with Crippen molar-refractivity contribution in [1.82, 2.24) is 25.8 Å². The van der Waals surface area contributed by atoms with E-state index in [2.05, 4.69) is 41.8 Å². The van der Waals surface area contributed by atoms with Gasteiger partial charge in [0.15, 0.2) is 5.58 Å². The van der Waals surface area contributed by atoms with Gasteiger partial charge in [0, 0.05) is 56.4 Å². The Morgan fingerprint density at radius 2 is 1.78 bits per heavy atom. The van der Waals surface area contributed by atoms with Gasteiger partial charge in [0.25, 0.3) is 5.91 Å². The zero-order valence-corrected chi connectivity index (χ0v) is 21.8. The summed E-state index contributed by atoms with van der Waals surface area (Å²) < 4.78 is 5.48. The highest BCUT2D eigenvalue weighted by Crippen LogP contribution is 2.29. The number of benzene rings is 2. The number of aromatic nitrogens is 1. The minimum absolute atomic E-state index is 0.0560. The molecule has 0 unspecified atom stereocenters. The van der Waals surface area contributed by atoms with Crippen molar-refractivity contribution in [3.63, 3.8) is 0 Å². The van der Waals surface area contributed by atoms with Gasteiger partial charge in [-0.3, -0.25) is 14.6 Å². The number of fused-ring (bicyclic) bond motifs is 2. The molecule has 0 atom stereocenters. The molecule has 1 aliphatic heterocycles. The summed E-state index contributed by atoms with van der Waals surface area (Å²) in [5, 5.41) is 14.9. The van der Waals surface area contributed by atoms with Crippen LogP contribution in [0.25, 0.3) is 11.0 Å². The number of anilines is 1. The highest BCUT2D eigenvalue weighted by molar-refractivity contribution is 5.90. The lowest BCUT2D eigenvalue weighted by molar-refractivity contribution is -0.145. The fourth-order valence-corrected chi connectivity index (χ4v) is 4.51. The molecule has 0 fully saturated rings. The molecule has 2 amide bonds. The molecule has 0 bridgehead atoms. The number of nitrogens with zero attached hydrogens (tertiary/aromatic N) is 4. The van der Waals surface area contributed by atoms with Gasteiger partial charge < -0.3 is 20.1 Å². The number of hydrogen-bond acceptors (Lipinski definition) is 7. The van der Waals surface area contributed by atoms with E-state index in [-0.39, 0.29) is 24.9 Å². The number of rotatable bonds is 10. The number of hydrazine groups is 1. The van der Waals surface area contributed by atoms with E-state index in [4.69, 9.17) is 4.52 Å². The Hall–Kier alpha value is -3.43. The lowest BCUT2D eigenvalue weighted by Gasteiger charge is -2.32. The van der Waals surface area contributed by atoms with Crippen molar-refractivity contribution in [3.8, 4) is 0 Å². The molecule has 1 aliphatic rings. The summed E-state index contributed by atoms with van der Waals surface area (Å²) >= 11 is 0. The van der Waals surface area contributed by atoms with E-state index in [1.165, 1.54) is 11.1 Å². The second-order valence-electron chi connectivity index (χ2n) is 9.73. The first-order chi connectivity index (χ1) is 17.2. The number of amides is 2. The molecule has 0 aliphatic carbocycles. The number of aryl methyl sites for hydroxylation is 2. The van der Waals surface area contributed by atoms with E-state index in [1.807, 2.05) is 48.0 Å². The van der Waals surface area contributed by atoms with Crippen molar-refractivity contribution in [2.75, 3.05) is 38.1 Å². The quantitative estimate of drug-likeness (QED) is 0.420. The van der Waals surface area contributed by atoms with Gasteiger partial charge in [-0.1, -0.05) is 43.3 Å². The molecule has 3 aromatic rings. The Kier molecular flexibility index (Phi) is 7.91. The number of nitrogens with one attached hydrogen (secondary N) is 2. The van der Waals surface area contributed by atoms with Gasteiger partial charge in [-0.15, -0.1) is 0 Å². The SMILES string of the molecule is Cc1cc2c(C)noc2cc1N(CC(=O)NCCNC(C)C)CC(=O)N(C)N1Cc2ccccc2C1. The molecule has 2 N–H and O–H groups in total. The van der Waals surface area contributed by atoms with E-state index in [1.54, 1.807) is 12.1 Å². The van der Waals surface area contributed by atoms with Gasteiger partial charge in [0.2, 0.25) is 5.91 Å². The van der Waals surface area contributed by atoms with E-state index in [9.17, 15) is 9.59 Å². The third-order valence-corrected chi connectivity index (χ3v) is 6.58. The van der Waals surface area contributed by atoms with Crippen LogP contribution in [-0.4, -0.2) is 66.3 Å². The van der Waals surface area contributed by atoms with Crippen molar-refractivity contribution >= 4 is 28.5 Å². The normalized spacial score (nSPS) is 13.3. The molecule has 1 aromatic heterocycles. The van der Waals surface area contributed by atoms with Crippen LogP contribution in [0.3, 0.4) is 0 Å². The van der Waals surface area contributed by atoms with Crippen molar-refractivity contribution in [1.29, 1.82) is 0 Å². The molecule has 36 heavy (non-hydrogen) atoms. The molecular weight excluding hydrogens is 456 g/mol. The summed E-state index contributed by atoms with van der Waals surface area (Å²) in [4.78, 5) is 28.1. The van der Waals surface area contributed by atoms with Gasteiger partial charge in [0.1, 0.15) is 0 Å². The molecule has 0 radical (unpaired) electrons. The Morgan fingerprint density at radius 3 is 2.44 bits per heavy atom. The minimum Gasteiger partial charge on any atom is -0.356 e. The van der Waals surface area contributed by atoms with E-state index in [0.29, 0.717) is 37.8 Å². The van der Waals surface area contributed by atoms with E-state index < -0.39 is 0 Å². The second kappa shape index (κ2) is 11.1. The average molecular weight is 493 g/mol. The molecule has 2 aromatic carbocycles. The average Bonchev–Trinajstić information content (AvgIpc) is 3.43. The molecule has 2 heterocycles. The maximum Gasteiger partial charge on any atom is 0.256 e. The predicted octanol–water partition coefficient (Wildman–Crippen LogP) is 2.75. The van der Waals surface area contributed by atoms with Crippen LogP contribution in [0.2, 0.25) is 0 Å². The summed E-state index contributed by atoms with van der Waals surface area (Å²) in [7, 11) is 1.79. The fourth-order valence-electron chi connectivity index (χ4n) is 4.51. The maximum absolute atomic E-state index is 13.4. The van der Waals surface area contributed by atoms with Crippen molar-refractivity contribution < 1.29 is 14.1 Å². The highest BCUT2D eigenvalue weighted by atomic mass is 16.5. The smallest absolute Gasteiger partial charge is 0.256 e. The molecule has 4 rings (SSSR count). The van der Waals surface area contributed by atoms with Crippen molar-refractivity contribution in [3.05, 3.63) is 58.8 Å².